The highest BCUT2D eigenvalue weighted by atomic mass is 16.3. The highest BCUT2D eigenvalue weighted by Crippen LogP contribution is 2.07. The number of nitrogens with zero attached hydrogens (tertiary/aromatic N) is 2. The van der Waals surface area contributed by atoms with E-state index in [9.17, 15) is 4.79 Å². The van der Waals surface area contributed by atoms with Crippen molar-refractivity contribution in [1.82, 2.24) is 20.4 Å². The van der Waals surface area contributed by atoms with Gasteiger partial charge in [-0.05, 0) is 18.1 Å². The van der Waals surface area contributed by atoms with Gasteiger partial charge in [-0.3, -0.25) is 0 Å². The first kappa shape index (κ1) is 15.1. The number of amides is 2. The van der Waals surface area contributed by atoms with E-state index in [0.717, 1.165) is 11.3 Å². The molecule has 1 aromatic carbocycles. The largest absolute Gasteiger partial charge is 0.396 e. The van der Waals surface area contributed by atoms with Gasteiger partial charge in [0.1, 0.15) is 0 Å². The van der Waals surface area contributed by atoms with E-state index >= 15 is 0 Å². The normalized spacial score (nSPS) is 11.9. The van der Waals surface area contributed by atoms with Crippen LogP contribution in [0.25, 0.3) is 5.69 Å². The van der Waals surface area contributed by atoms with Crippen LogP contribution in [0, 0.1) is 5.92 Å². The van der Waals surface area contributed by atoms with E-state index in [1.54, 1.807) is 10.9 Å². The summed E-state index contributed by atoms with van der Waals surface area (Å²) in [6.45, 7) is 2.78. The van der Waals surface area contributed by atoms with Crippen LogP contribution in [0.2, 0.25) is 0 Å². The first-order valence-corrected chi connectivity index (χ1v) is 6.90. The van der Waals surface area contributed by atoms with E-state index in [1.165, 1.54) is 0 Å². The average molecular weight is 288 g/mol. The number of para-hydroxylation sites is 1. The molecule has 112 valence electrons. The molecule has 6 heteroatoms. The Kier molecular flexibility index (Phi) is 5.34. The van der Waals surface area contributed by atoms with Gasteiger partial charge >= 0.3 is 6.03 Å². The van der Waals surface area contributed by atoms with Crippen LogP contribution in [-0.4, -0.2) is 34.1 Å². The molecule has 2 amide bonds. The van der Waals surface area contributed by atoms with Crippen LogP contribution in [0.15, 0.2) is 42.7 Å². The lowest BCUT2D eigenvalue weighted by atomic mass is 10.2. The van der Waals surface area contributed by atoms with Crippen LogP contribution < -0.4 is 10.6 Å². The Morgan fingerprint density at radius 1 is 1.33 bits per heavy atom. The summed E-state index contributed by atoms with van der Waals surface area (Å²) in [5.41, 5.74) is 1.90. The van der Waals surface area contributed by atoms with Crippen molar-refractivity contribution < 1.29 is 9.90 Å². The van der Waals surface area contributed by atoms with Gasteiger partial charge in [-0.25, -0.2) is 9.48 Å². The number of rotatable bonds is 6. The second-order valence-electron chi connectivity index (χ2n) is 4.98. The summed E-state index contributed by atoms with van der Waals surface area (Å²) in [6.07, 6.45) is 3.61. The zero-order valence-corrected chi connectivity index (χ0v) is 12.0. The smallest absolute Gasteiger partial charge is 0.315 e. The van der Waals surface area contributed by atoms with Gasteiger partial charge in [0.15, 0.2) is 0 Å². The first-order valence-electron chi connectivity index (χ1n) is 6.90. The maximum Gasteiger partial charge on any atom is 0.315 e. The minimum atomic E-state index is -0.247. The molecule has 0 saturated carbocycles. The van der Waals surface area contributed by atoms with Crippen molar-refractivity contribution in [3.63, 3.8) is 0 Å². The number of hydrogen-bond acceptors (Lipinski definition) is 3. The Balaban J connectivity index is 1.82. The molecule has 1 unspecified atom stereocenters. The molecule has 2 aromatic rings. The highest BCUT2D eigenvalue weighted by Gasteiger charge is 2.05. The molecule has 2 rings (SSSR count). The minimum Gasteiger partial charge on any atom is -0.396 e. The van der Waals surface area contributed by atoms with Crippen molar-refractivity contribution in [3.8, 4) is 5.69 Å². The summed E-state index contributed by atoms with van der Waals surface area (Å²) in [6, 6.07) is 9.53. The Morgan fingerprint density at radius 3 is 2.81 bits per heavy atom. The molecule has 0 aliphatic heterocycles. The number of nitrogens with one attached hydrogen (secondary N) is 2. The van der Waals surface area contributed by atoms with Gasteiger partial charge in [-0.2, -0.15) is 5.10 Å². The van der Waals surface area contributed by atoms with E-state index in [2.05, 4.69) is 15.7 Å². The maximum absolute atomic E-state index is 11.6. The molecule has 0 fully saturated rings. The third-order valence-corrected chi connectivity index (χ3v) is 3.03. The molecule has 1 atom stereocenters. The lowest BCUT2D eigenvalue weighted by molar-refractivity contribution is 0.222. The van der Waals surface area contributed by atoms with E-state index in [4.69, 9.17) is 5.11 Å². The predicted octanol–water partition coefficient (Wildman–Crippen LogP) is 1.30. The van der Waals surface area contributed by atoms with Crippen molar-refractivity contribution in [3.05, 3.63) is 48.3 Å². The van der Waals surface area contributed by atoms with Crippen LogP contribution >= 0.6 is 0 Å². The number of aliphatic hydroxyl groups is 1. The van der Waals surface area contributed by atoms with Gasteiger partial charge in [0.2, 0.25) is 0 Å². The summed E-state index contributed by atoms with van der Waals surface area (Å²) < 4.78 is 1.77. The Labute approximate surface area is 123 Å². The molecule has 0 saturated heterocycles. The molecule has 1 aromatic heterocycles. The topological polar surface area (TPSA) is 79.2 Å². The van der Waals surface area contributed by atoms with Crippen molar-refractivity contribution >= 4 is 6.03 Å². The summed E-state index contributed by atoms with van der Waals surface area (Å²) in [5, 5.41) is 18.6. The van der Waals surface area contributed by atoms with Gasteiger partial charge in [-0.1, -0.05) is 25.1 Å². The van der Waals surface area contributed by atoms with Gasteiger partial charge in [0, 0.05) is 31.5 Å². The maximum atomic E-state index is 11.6. The lowest BCUT2D eigenvalue weighted by Gasteiger charge is -2.10. The molecule has 0 aliphatic carbocycles. The monoisotopic (exact) mass is 288 g/mol. The summed E-state index contributed by atoms with van der Waals surface area (Å²) >= 11 is 0. The average Bonchev–Trinajstić information content (AvgIpc) is 3.00. The Bertz CT molecular complexity index is 568. The highest BCUT2D eigenvalue weighted by molar-refractivity contribution is 5.73. The van der Waals surface area contributed by atoms with Gasteiger partial charge in [-0.15, -0.1) is 0 Å². The van der Waals surface area contributed by atoms with Crippen LogP contribution in [0.1, 0.15) is 12.5 Å². The molecule has 0 bridgehead atoms. The van der Waals surface area contributed by atoms with Crippen molar-refractivity contribution in [2.24, 2.45) is 5.92 Å². The fourth-order valence-corrected chi connectivity index (χ4v) is 1.75. The van der Waals surface area contributed by atoms with Gasteiger partial charge in [0.25, 0.3) is 0 Å². The molecular weight excluding hydrogens is 268 g/mol. The van der Waals surface area contributed by atoms with Crippen LogP contribution in [0.3, 0.4) is 0 Å². The molecule has 3 N–H and O–H groups in total. The number of carbonyl (C=O) groups is 1. The fourth-order valence-electron chi connectivity index (χ4n) is 1.75. The van der Waals surface area contributed by atoms with Crippen LogP contribution in [0.5, 0.6) is 0 Å². The van der Waals surface area contributed by atoms with Crippen molar-refractivity contribution in [2.75, 3.05) is 13.2 Å². The molecule has 21 heavy (non-hydrogen) atoms. The SMILES string of the molecule is CC(CO)CNC(=O)NCc1cnn(-c2ccccc2)c1. The zero-order chi connectivity index (χ0) is 15.1. The van der Waals surface area contributed by atoms with E-state index in [-0.39, 0.29) is 18.6 Å². The van der Waals surface area contributed by atoms with Gasteiger partial charge < -0.3 is 15.7 Å². The quantitative estimate of drug-likeness (QED) is 0.749. The fraction of sp³-hybridized carbons (Fsp3) is 0.333. The standard InChI is InChI=1S/C15H20N4O2/c1-12(11-20)7-16-15(21)17-8-13-9-18-19(10-13)14-5-3-2-4-6-14/h2-6,9-10,12,20H,7-8,11H2,1H3,(H2,16,17,21). The second-order valence-corrected chi connectivity index (χ2v) is 4.98. The van der Waals surface area contributed by atoms with E-state index in [1.807, 2.05) is 43.5 Å². The third kappa shape index (κ3) is 4.61. The molecule has 0 spiro atoms. The lowest BCUT2D eigenvalue weighted by Crippen LogP contribution is -2.37. The second kappa shape index (κ2) is 7.44. The number of benzene rings is 1. The van der Waals surface area contributed by atoms with Gasteiger partial charge in [0.05, 0.1) is 11.9 Å². The van der Waals surface area contributed by atoms with E-state index < -0.39 is 0 Å². The molecular formula is C15H20N4O2. The van der Waals surface area contributed by atoms with Crippen molar-refractivity contribution in [1.29, 1.82) is 0 Å². The molecule has 6 nitrogen and oxygen atoms in total. The minimum absolute atomic E-state index is 0.0524. The number of aromatic nitrogens is 2. The number of urea groups is 1. The predicted molar refractivity (Wildman–Crippen MR) is 80.1 cm³/mol. The number of carbonyl (C=O) groups excluding carboxylic acids is 1. The third-order valence-electron chi connectivity index (χ3n) is 3.03. The first-order chi connectivity index (χ1) is 10.2. The van der Waals surface area contributed by atoms with Crippen molar-refractivity contribution in [2.45, 2.75) is 13.5 Å². The summed E-state index contributed by atoms with van der Waals surface area (Å²) in [7, 11) is 0. The Morgan fingerprint density at radius 2 is 2.10 bits per heavy atom. The number of aliphatic hydroxyl groups excluding tert-OH is 1. The Hall–Kier alpha value is -2.34. The van der Waals surface area contributed by atoms with Crippen LogP contribution in [0.4, 0.5) is 4.79 Å². The summed E-state index contributed by atoms with van der Waals surface area (Å²) in [5.74, 6) is 0.0524. The summed E-state index contributed by atoms with van der Waals surface area (Å²) in [4.78, 5) is 11.6. The van der Waals surface area contributed by atoms with Crippen LogP contribution in [-0.2, 0) is 6.54 Å². The molecule has 0 aliphatic rings. The number of hydrogen-bond donors (Lipinski definition) is 3. The van der Waals surface area contributed by atoms with E-state index in [0.29, 0.717) is 13.1 Å². The zero-order valence-electron chi connectivity index (χ0n) is 12.0. The molecule has 1 heterocycles. The molecule has 0 radical (unpaired) electrons.